The molecule has 2 heterocycles. The van der Waals surface area contributed by atoms with E-state index in [1.165, 1.54) is 19.3 Å². The quantitative estimate of drug-likeness (QED) is 0.618. The van der Waals surface area contributed by atoms with Crippen molar-refractivity contribution >= 4 is 0 Å². The standard InChI is InChI=1S/C11H21NO/c1-8(2)11-10-6-4-5-9(3)12(10)7-13-11/h8-11H,4-7H2,1-3H3. The highest BCUT2D eigenvalue weighted by Crippen LogP contribution is 2.33. The van der Waals surface area contributed by atoms with E-state index in [0.29, 0.717) is 18.1 Å². The fraction of sp³-hybridized carbons (Fsp3) is 1.00. The molecule has 0 amide bonds. The summed E-state index contributed by atoms with van der Waals surface area (Å²) in [5.41, 5.74) is 0. The summed E-state index contributed by atoms with van der Waals surface area (Å²) in [4.78, 5) is 2.55. The predicted octanol–water partition coefficient (Wildman–Crippen LogP) is 2.24. The van der Waals surface area contributed by atoms with E-state index in [2.05, 4.69) is 25.7 Å². The first-order valence-corrected chi connectivity index (χ1v) is 5.57. The number of nitrogens with zero attached hydrogens (tertiary/aromatic N) is 1. The van der Waals surface area contributed by atoms with Crippen LogP contribution in [0.25, 0.3) is 0 Å². The minimum atomic E-state index is 0.489. The van der Waals surface area contributed by atoms with E-state index >= 15 is 0 Å². The Morgan fingerprint density at radius 3 is 2.77 bits per heavy atom. The van der Waals surface area contributed by atoms with Crippen LogP contribution < -0.4 is 0 Å². The molecule has 0 aliphatic carbocycles. The van der Waals surface area contributed by atoms with Crippen LogP contribution in [-0.2, 0) is 4.74 Å². The average molecular weight is 183 g/mol. The molecule has 2 rings (SSSR count). The highest BCUT2D eigenvalue weighted by molar-refractivity contribution is 4.91. The van der Waals surface area contributed by atoms with Gasteiger partial charge < -0.3 is 4.74 Å². The second-order valence-electron chi connectivity index (χ2n) is 4.87. The zero-order chi connectivity index (χ0) is 9.42. The van der Waals surface area contributed by atoms with Gasteiger partial charge in [0.2, 0.25) is 0 Å². The first-order chi connectivity index (χ1) is 6.20. The molecule has 2 nitrogen and oxygen atoms in total. The van der Waals surface area contributed by atoms with Gasteiger partial charge in [-0.15, -0.1) is 0 Å². The Morgan fingerprint density at radius 1 is 1.31 bits per heavy atom. The van der Waals surface area contributed by atoms with E-state index < -0.39 is 0 Å². The smallest absolute Gasteiger partial charge is 0.100 e. The van der Waals surface area contributed by atoms with Gasteiger partial charge in [-0.25, -0.2) is 0 Å². The molecule has 2 aliphatic rings. The highest BCUT2D eigenvalue weighted by atomic mass is 16.5. The lowest BCUT2D eigenvalue weighted by Crippen LogP contribution is -2.45. The van der Waals surface area contributed by atoms with Gasteiger partial charge in [-0.05, 0) is 25.7 Å². The van der Waals surface area contributed by atoms with Gasteiger partial charge in [0.25, 0.3) is 0 Å². The van der Waals surface area contributed by atoms with E-state index in [9.17, 15) is 0 Å². The fourth-order valence-corrected chi connectivity index (χ4v) is 2.78. The lowest BCUT2D eigenvalue weighted by atomic mass is 9.90. The maximum Gasteiger partial charge on any atom is 0.100 e. The Bertz CT molecular complexity index is 175. The maximum atomic E-state index is 5.86. The molecule has 2 aliphatic heterocycles. The number of hydrogen-bond donors (Lipinski definition) is 0. The molecule has 76 valence electrons. The molecule has 3 unspecified atom stereocenters. The Labute approximate surface area is 81.3 Å². The first-order valence-electron chi connectivity index (χ1n) is 5.57. The van der Waals surface area contributed by atoms with E-state index in [-0.39, 0.29) is 0 Å². The molecule has 13 heavy (non-hydrogen) atoms. The topological polar surface area (TPSA) is 12.5 Å². The van der Waals surface area contributed by atoms with Crippen LogP contribution in [0.15, 0.2) is 0 Å². The minimum Gasteiger partial charge on any atom is -0.361 e. The number of rotatable bonds is 1. The van der Waals surface area contributed by atoms with Gasteiger partial charge >= 0.3 is 0 Å². The normalized spacial score (nSPS) is 41.1. The summed E-state index contributed by atoms with van der Waals surface area (Å²) < 4.78 is 5.86. The van der Waals surface area contributed by atoms with Crippen molar-refractivity contribution in [2.24, 2.45) is 5.92 Å². The zero-order valence-electron chi connectivity index (χ0n) is 8.99. The molecular formula is C11H21NO. The van der Waals surface area contributed by atoms with Gasteiger partial charge in [0, 0.05) is 12.1 Å². The molecule has 2 heteroatoms. The molecule has 2 fully saturated rings. The van der Waals surface area contributed by atoms with Crippen LogP contribution >= 0.6 is 0 Å². The van der Waals surface area contributed by atoms with Crippen LogP contribution in [0.1, 0.15) is 40.0 Å². The molecule has 0 N–H and O–H groups in total. The number of ether oxygens (including phenoxy) is 1. The fourth-order valence-electron chi connectivity index (χ4n) is 2.78. The third kappa shape index (κ3) is 1.62. The SMILES string of the molecule is CC(C)C1OCN2C(C)CCCC12. The van der Waals surface area contributed by atoms with Gasteiger partial charge in [0.1, 0.15) is 6.73 Å². The number of hydrogen-bond acceptors (Lipinski definition) is 2. The maximum absolute atomic E-state index is 5.86. The first kappa shape index (κ1) is 9.47. The van der Waals surface area contributed by atoms with Crippen molar-refractivity contribution in [2.45, 2.75) is 58.2 Å². The summed E-state index contributed by atoms with van der Waals surface area (Å²) in [6, 6.07) is 1.45. The van der Waals surface area contributed by atoms with Crippen LogP contribution in [0.4, 0.5) is 0 Å². The molecule has 0 aromatic carbocycles. The van der Waals surface area contributed by atoms with Crippen LogP contribution in [0.3, 0.4) is 0 Å². The number of piperidine rings is 1. The molecule has 2 saturated heterocycles. The van der Waals surface area contributed by atoms with Crippen molar-refractivity contribution in [1.82, 2.24) is 4.90 Å². The predicted molar refractivity (Wildman–Crippen MR) is 53.5 cm³/mol. The summed E-state index contributed by atoms with van der Waals surface area (Å²) in [7, 11) is 0. The Balaban J connectivity index is 2.06. The molecule has 0 radical (unpaired) electrons. The summed E-state index contributed by atoms with van der Waals surface area (Å²) in [6.45, 7) is 7.74. The molecular weight excluding hydrogens is 162 g/mol. The second-order valence-corrected chi connectivity index (χ2v) is 4.87. The Hall–Kier alpha value is -0.0800. The van der Waals surface area contributed by atoms with E-state index in [4.69, 9.17) is 4.74 Å². The summed E-state index contributed by atoms with van der Waals surface area (Å²) in [6.07, 6.45) is 4.56. The molecule has 0 aromatic heterocycles. The van der Waals surface area contributed by atoms with Crippen molar-refractivity contribution in [2.75, 3.05) is 6.73 Å². The summed E-state index contributed by atoms with van der Waals surface area (Å²) in [5.74, 6) is 0.667. The van der Waals surface area contributed by atoms with E-state index in [1.807, 2.05) is 0 Å². The molecule has 0 saturated carbocycles. The van der Waals surface area contributed by atoms with Crippen LogP contribution in [0, 0.1) is 5.92 Å². The molecule has 3 atom stereocenters. The Kier molecular flexibility index (Phi) is 2.61. The average Bonchev–Trinajstić information content (AvgIpc) is 2.48. The Morgan fingerprint density at radius 2 is 2.08 bits per heavy atom. The monoisotopic (exact) mass is 183 g/mol. The third-order valence-corrected chi connectivity index (χ3v) is 3.57. The van der Waals surface area contributed by atoms with E-state index in [1.54, 1.807) is 0 Å². The van der Waals surface area contributed by atoms with Gasteiger partial charge in [-0.2, -0.15) is 0 Å². The van der Waals surface area contributed by atoms with Crippen LogP contribution in [-0.4, -0.2) is 29.8 Å². The number of fused-ring (bicyclic) bond motifs is 1. The van der Waals surface area contributed by atoms with Gasteiger partial charge in [-0.1, -0.05) is 20.3 Å². The zero-order valence-corrected chi connectivity index (χ0v) is 8.99. The largest absolute Gasteiger partial charge is 0.361 e. The summed E-state index contributed by atoms with van der Waals surface area (Å²) in [5, 5.41) is 0. The third-order valence-electron chi connectivity index (χ3n) is 3.57. The lowest BCUT2D eigenvalue weighted by molar-refractivity contribution is 0.0575. The van der Waals surface area contributed by atoms with Crippen LogP contribution in [0.2, 0.25) is 0 Å². The van der Waals surface area contributed by atoms with Gasteiger partial charge in [0.05, 0.1) is 6.10 Å². The lowest BCUT2D eigenvalue weighted by Gasteiger charge is -2.36. The van der Waals surface area contributed by atoms with Crippen molar-refractivity contribution in [3.8, 4) is 0 Å². The van der Waals surface area contributed by atoms with Crippen LogP contribution in [0.5, 0.6) is 0 Å². The molecule has 0 aromatic rings. The molecule has 0 bridgehead atoms. The van der Waals surface area contributed by atoms with E-state index in [0.717, 1.165) is 12.8 Å². The van der Waals surface area contributed by atoms with Crippen molar-refractivity contribution in [3.63, 3.8) is 0 Å². The van der Waals surface area contributed by atoms with Gasteiger partial charge in [0.15, 0.2) is 0 Å². The highest BCUT2D eigenvalue weighted by Gasteiger charge is 2.40. The summed E-state index contributed by atoms with van der Waals surface area (Å²) >= 11 is 0. The van der Waals surface area contributed by atoms with Crippen molar-refractivity contribution < 1.29 is 4.74 Å². The second kappa shape index (κ2) is 3.58. The van der Waals surface area contributed by atoms with Crippen molar-refractivity contribution in [3.05, 3.63) is 0 Å². The van der Waals surface area contributed by atoms with Crippen molar-refractivity contribution in [1.29, 1.82) is 0 Å². The molecule has 0 spiro atoms. The minimum absolute atomic E-state index is 0.489. The van der Waals surface area contributed by atoms with Gasteiger partial charge in [-0.3, -0.25) is 4.90 Å².